The molecule has 0 saturated carbocycles. The van der Waals surface area contributed by atoms with Crippen molar-refractivity contribution in [2.45, 2.75) is 44.6 Å². The summed E-state index contributed by atoms with van der Waals surface area (Å²) in [5.41, 5.74) is 0.903. The third-order valence-corrected chi connectivity index (χ3v) is 3.72. The normalized spacial score (nSPS) is 18.8. The predicted octanol–water partition coefficient (Wildman–Crippen LogP) is 1.87. The molecule has 1 amide bonds. The summed E-state index contributed by atoms with van der Waals surface area (Å²) in [5.74, 6) is -0.719. The molecule has 1 aliphatic rings. The molecule has 5 heteroatoms. The summed E-state index contributed by atoms with van der Waals surface area (Å²) < 4.78 is 0. The molecule has 1 aromatic heterocycles. The summed E-state index contributed by atoms with van der Waals surface area (Å²) in [7, 11) is 0. The molecule has 0 spiro atoms. The number of nitrogens with zero attached hydrogens (tertiary/aromatic N) is 2. The van der Waals surface area contributed by atoms with E-state index >= 15 is 0 Å². The first-order chi connectivity index (χ1) is 9.66. The fourth-order valence-electron chi connectivity index (χ4n) is 2.70. The van der Waals surface area contributed by atoms with Gasteiger partial charge >= 0.3 is 5.97 Å². The largest absolute Gasteiger partial charge is 0.481 e. The lowest BCUT2D eigenvalue weighted by Crippen LogP contribution is -2.44. The van der Waals surface area contributed by atoms with Crippen molar-refractivity contribution in [3.63, 3.8) is 0 Å². The van der Waals surface area contributed by atoms with E-state index in [9.17, 15) is 9.59 Å². The van der Waals surface area contributed by atoms with Gasteiger partial charge in [-0.05, 0) is 37.3 Å². The molecule has 0 aromatic carbocycles. The molecule has 0 radical (unpaired) electrons. The van der Waals surface area contributed by atoms with Crippen LogP contribution >= 0.6 is 0 Å². The maximum atomic E-state index is 12.4. The van der Waals surface area contributed by atoms with Crippen molar-refractivity contribution in [3.05, 3.63) is 30.1 Å². The quantitative estimate of drug-likeness (QED) is 0.891. The number of piperidine rings is 1. The monoisotopic (exact) mass is 276 g/mol. The second-order valence-electron chi connectivity index (χ2n) is 5.21. The van der Waals surface area contributed by atoms with Crippen LogP contribution in [0.15, 0.2) is 24.5 Å². The van der Waals surface area contributed by atoms with Crippen LogP contribution in [0.25, 0.3) is 0 Å². The minimum Gasteiger partial charge on any atom is -0.481 e. The lowest BCUT2D eigenvalue weighted by atomic mass is 9.97. The minimum absolute atomic E-state index is 0.0732. The van der Waals surface area contributed by atoms with Crippen molar-refractivity contribution >= 4 is 11.9 Å². The Morgan fingerprint density at radius 2 is 2.25 bits per heavy atom. The first-order valence-electron chi connectivity index (χ1n) is 7.07. The maximum Gasteiger partial charge on any atom is 0.303 e. The van der Waals surface area contributed by atoms with Crippen LogP contribution in [0.5, 0.6) is 0 Å². The minimum atomic E-state index is -0.796. The average molecular weight is 276 g/mol. The standard InChI is InChI=1S/C15H20N2O3/c18-14(10-12-4-3-8-16-11-12)17-9-2-1-5-13(17)6-7-15(19)20/h3-4,8,11,13H,1-2,5-7,9-10H2,(H,19,20). The Morgan fingerprint density at radius 3 is 2.95 bits per heavy atom. The van der Waals surface area contributed by atoms with E-state index in [1.165, 1.54) is 0 Å². The van der Waals surface area contributed by atoms with Crippen molar-refractivity contribution in [3.8, 4) is 0 Å². The highest BCUT2D eigenvalue weighted by molar-refractivity contribution is 5.79. The van der Waals surface area contributed by atoms with Crippen LogP contribution in [0.2, 0.25) is 0 Å². The van der Waals surface area contributed by atoms with E-state index in [0.717, 1.165) is 31.4 Å². The number of carbonyl (C=O) groups is 2. The van der Waals surface area contributed by atoms with E-state index in [2.05, 4.69) is 4.98 Å². The van der Waals surface area contributed by atoms with Crippen LogP contribution < -0.4 is 0 Å². The van der Waals surface area contributed by atoms with Gasteiger partial charge in [-0.1, -0.05) is 6.07 Å². The van der Waals surface area contributed by atoms with Gasteiger partial charge in [0.15, 0.2) is 0 Å². The molecule has 1 N–H and O–H groups in total. The zero-order valence-corrected chi connectivity index (χ0v) is 11.5. The van der Waals surface area contributed by atoms with E-state index in [1.54, 1.807) is 12.4 Å². The molecule has 1 atom stereocenters. The number of hydrogen-bond acceptors (Lipinski definition) is 3. The Labute approximate surface area is 118 Å². The van der Waals surface area contributed by atoms with Crippen molar-refractivity contribution in [1.29, 1.82) is 0 Å². The number of aromatic nitrogens is 1. The number of carboxylic acids is 1. The molecule has 0 bridgehead atoms. The topological polar surface area (TPSA) is 70.5 Å². The molecule has 5 nitrogen and oxygen atoms in total. The van der Waals surface area contributed by atoms with Gasteiger partial charge in [0.2, 0.25) is 5.91 Å². The number of likely N-dealkylation sites (tertiary alicyclic amines) is 1. The summed E-state index contributed by atoms with van der Waals surface area (Å²) in [5, 5.41) is 8.79. The molecule has 1 unspecified atom stereocenters. The molecule has 2 rings (SSSR count). The highest BCUT2D eigenvalue weighted by atomic mass is 16.4. The van der Waals surface area contributed by atoms with Crippen LogP contribution in [0.3, 0.4) is 0 Å². The smallest absolute Gasteiger partial charge is 0.303 e. The molecule has 1 fully saturated rings. The van der Waals surface area contributed by atoms with Gasteiger partial charge in [0, 0.05) is 31.4 Å². The van der Waals surface area contributed by atoms with Crippen molar-refractivity contribution in [2.75, 3.05) is 6.54 Å². The molecular weight excluding hydrogens is 256 g/mol. The number of carboxylic acid groups (broad SMARTS) is 1. The van der Waals surface area contributed by atoms with Crippen molar-refractivity contribution < 1.29 is 14.7 Å². The van der Waals surface area contributed by atoms with Crippen LogP contribution in [-0.2, 0) is 16.0 Å². The maximum absolute atomic E-state index is 12.4. The Kier molecular flexibility index (Phi) is 5.09. The number of aliphatic carboxylic acids is 1. The summed E-state index contributed by atoms with van der Waals surface area (Å²) in [6, 6.07) is 3.78. The van der Waals surface area contributed by atoms with E-state index in [0.29, 0.717) is 12.8 Å². The Morgan fingerprint density at radius 1 is 1.40 bits per heavy atom. The summed E-state index contributed by atoms with van der Waals surface area (Å²) >= 11 is 0. The highest BCUT2D eigenvalue weighted by Gasteiger charge is 2.26. The molecule has 2 heterocycles. The summed E-state index contributed by atoms with van der Waals surface area (Å²) in [6.07, 6.45) is 7.39. The van der Waals surface area contributed by atoms with Crippen LogP contribution in [0.1, 0.15) is 37.7 Å². The fourth-order valence-corrected chi connectivity index (χ4v) is 2.70. The third kappa shape index (κ3) is 4.05. The number of amides is 1. The van der Waals surface area contributed by atoms with Gasteiger partial charge in [-0.15, -0.1) is 0 Å². The van der Waals surface area contributed by atoms with Gasteiger partial charge in [0.05, 0.1) is 6.42 Å². The highest BCUT2D eigenvalue weighted by Crippen LogP contribution is 2.21. The van der Waals surface area contributed by atoms with Gasteiger partial charge in [-0.3, -0.25) is 14.6 Å². The van der Waals surface area contributed by atoms with E-state index in [4.69, 9.17) is 5.11 Å². The van der Waals surface area contributed by atoms with Gasteiger partial charge in [-0.25, -0.2) is 0 Å². The molecular formula is C15H20N2O3. The fraction of sp³-hybridized carbons (Fsp3) is 0.533. The average Bonchev–Trinajstić information content (AvgIpc) is 2.46. The number of carbonyl (C=O) groups excluding carboxylic acids is 1. The Balaban J connectivity index is 1.96. The summed E-state index contributed by atoms with van der Waals surface area (Å²) in [4.78, 5) is 28.9. The molecule has 1 aliphatic heterocycles. The second kappa shape index (κ2) is 7.03. The molecule has 20 heavy (non-hydrogen) atoms. The lowest BCUT2D eigenvalue weighted by molar-refractivity contribution is -0.139. The molecule has 1 aromatic rings. The zero-order chi connectivity index (χ0) is 14.4. The Bertz CT molecular complexity index is 461. The van der Waals surface area contributed by atoms with Crippen LogP contribution in [0.4, 0.5) is 0 Å². The molecule has 1 saturated heterocycles. The number of pyridine rings is 1. The van der Waals surface area contributed by atoms with Crippen LogP contribution in [-0.4, -0.2) is 39.5 Å². The Hall–Kier alpha value is -1.91. The third-order valence-electron chi connectivity index (χ3n) is 3.72. The van der Waals surface area contributed by atoms with Gasteiger partial charge in [-0.2, -0.15) is 0 Å². The van der Waals surface area contributed by atoms with Gasteiger partial charge < -0.3 is 10.0 Å². The van der Waals surface area contributed by atoms with E-state index in [1.807, 2.05) is 17.0 Å². The first kappa shape index (κ1) is 14.5. The number of rotatable bonds is 5. The lowest BCUT2D eigenvalue weighted by Gasteiger charge is -2.35. The first-order valence-corrected chi connectivity index (χ1v) is 7.07. The van der Waals surface area contributed by atoms with Crippen molar-refractivity contribution in [1.82, 2.24) is 9.88 Å². The van der Waals surface area contributed by atoms with E-state index < -0.39 is 5.97 Å². The van der Waals surface area contributed by atoms with E-state index in [-0.39, 0.29) is 18.4 Å². The van der Waals surface area contributed by atoms with Gasteiger partial charge in [0.1, 0.15) is 0 Å². The molecule has 108 valence electrons. The summed E-state index contributed by atoms with van der Waals surface area (Å²) in [6.45, 7) is 0.739. The van der Waals surface area contributed by atoms with Crippen molar-refractivity contribution in [2.24, 2.45) is 0 Å². The van der Waals surface area contributed by atoms with Crippen LogP contribution in [0, 0.1) is 0 Å². The molecule has 0 aliphatic carbocycles. The predicted molar refractivity (Wildman–Crippen MR) is 74.2 cm³/mol. The zero-order valence-electron chi connectivity index (χ0n) is 11.5. The second-order valence-corrected chi connectivity index (χ2v) is 5.21. The number of hydrogen-bond donors (Lipinski definition) is 1. The van der Waals surface area contributed by atoms with Gasteiger partial charge in [0.25, 0.3) is 0 Å². The SMILES string of the molecule is O=C(O)CCC1CCCCN1C(=O)Cc1cccnc1.